The van der Waals surface area contributed by atoms with Crippen molar-refractivity contribution in [2.45, 2.75) is 105 Å². The maximum atomic E-state index is 13.0. The quantitative estimate of drug-likeness (QED) is 0.439. The minimum Gasteiger partial charge on any atom is -0.396 e. The Morgan fingerprint density at radius 3 is 2.23 bits per heavy atom. The third-order valence-electron chi connectivity index (χ3n) is 12.9. The second kappa shape index (κ2) is 7.65. The Labute approximate surface area is 211 Å². The first-order valence-corrected chi connectivity index (χ1v) is 14.0. The lowest BCUT2D eigenvalue weighted by Gasteiger charge is -2.70. The summed E-state index contributed by atoms with van der Waals surface area (Å²) < 4.78 is 0. The van der Waals surface area contributed by atoms with Crippen molar-refractivity contribution in [1.82, 2.24) is 0 Å². The molecule has 35 heavy (non-hydrogen) atoms. The Morgan fingerprint density at radius 2 is 1.63 bits per heavy atom. The van der Waals surface area contributed by atoms with Crippen molar-refractivity contribution in [3.63, 3.8) is 0 Å². The topological polar surface area (TPSA) is 98.0 Å². The van der Waals surface area contributed by atoms with Gasteiger partial charge in [-0.1, -0.05) is 60.1 Å². The molecule has 0 heterocycles. The van der Waals surface area contributed by atoms with Crippen LogP contribution in [-0.2, 0) is 4.79 Å². The fourth-order valence-corrected chi connectivity index (χ4v) is 11.2. The number of fused-ring (bicyclic) bond motifs is 7. The highest BCUT2D eigenvalue weighted by molar-refractivity contribution is 5.89. The van der Waals surface area contributed by atoms with E-state index in [1.54, 1.807) is 0 Å². The number of rotatable bonds is 2. The molecular formula is C30H48O5. The molecule has 198 valence electrons. The predicted octanol–water partition coefficient (Wildman–Crippen LogP) is 4.12. The number of ketones is 1. The third kappa shape index (κ3) is 2.93. The van der Waals surface area contributed by atoms with Crippen LogP contribution in [0.25, 0.3) is 0 Å². The zero-order chi connectivity index (χ0) is 25.9. The van der Waals surface area contributed by atoms with Gasteiger partial charge in [-0.05, 0) is 78.4 Å². The standard InChI is InChI=1S/C30H48O5/c1-16(2)18-12-20(33)24-29(7)9-8-17-23(28(29,6)10-11-30(18,24)15-31)19(32)13-22-26(3,4)25(35)21(34)14-27(17,22)5/h8,16,18-24,31-34H,9-15H2,1-7H3/t18-,19-,20+,21+,22+,23-,24+,27+,28-,29+,30+/m0/s1. The zero-order valence-electron chi connectivity index (χ0n) is 22.8. The van der Waals surface area contributed by atoms with Gasteiger partial charge in [0, 0.05) is 23.4 Å². The molecule has 0 bridgehead atoms. The van der Waals surface area contributed by atoms with E-state index < -0.39 is 23.7 Å². The second-order valence-electron chi connectivity index (χ2n) is 14.8. The smallest absolute Gasteiger partial charge is 0.167 e. The number of aliphatic hydroxyl groups excluding tert-OH is 4. The van der Waals surface area contributed by atoms with Crippen LogP contribution in [0.15, 0.2) is 11.6 Å². The monoisotopic (exact) mass is 488 g/mol. The Kier molecular flexibility index (Phi) is 5.65. The first-order valence-electron chi connectivity index (χ1n) is 14.0. The number of carbonyl (C=O) groups is 1. The Balaban J connectivity index is 1.64. The van der Waals surface area contributed by atoms with Crippen molar-refractivity contribution >= 4 is 5.78 Å². The van der Waals surface area contributed by atoms with E-state index >= 15 is 0 Å². The summed E-state index contributed by atoms with van der Waals surface area (Å²) in [6, 6.07) is 0. The Bertz CT molecular complexity index is 939. The molecule has 5 aliphatic rings. The van der Waals surface area contributed by atoms with Gasteiger partial charge >= 0.3 is 0 Å². The summed E-state index contributed by atoms with van der Waals surface area (Å²) in [6.07, 6.45) is 4.61. The van der Waals surface area contributed by atoms with Crippen LogP contribution in [0.3, 0.4) is 0 Å². The number of aliphatic hydroxyl groups is 4. The maximum absolute atomic E-state index is 13.0. The van der Waals surface area contributed by atoms with Crippen molar-refractivity contribution in [3.8, 4) is 0 Å². The van der Waals surface area contributed by atoms with Crippen molar-refractivity contribution in [3.05, 3.63) is 11.6 Å². The molecule has 4 fully saturated rings. The molecule has 11 atom stereocenters. The molecule has 0 radical (unpaired) electrons. The fourth-order valence-electron chi connectivity index (χ4n) is 11.2. The molecule has 0 aromatic heterocycles. The van der Waals surface area contributed by atoms with Gasteiger partial charge < -0.3 is 20.4 Å². The number of carbonyl (C=O) groups excluding carboxylic acids is 1. The maximum Gasteiger partial charge on any atom is 0.167 e. The lowest BCUT2D eigenvalue weighted by molar-refractivity contribution is -0.209. The van der Waals surface area contributed by atoms with Gasteiger partial charge in [0.05, 0.1) is 12.2 Å². The molecule has 5 rings (SSSR count). The van der Waals surface area contributed by atoms with Crippen LogP contribution in [0, 0.1) is 56.7 Å². The van der Waals surface area contributed by atoms with Gasteiger partial charge in [-0.25, -0.2) is 0 Å². The summed E-state index contributed by atoms with van der Waals surface area (Å²) in [5.41, 5.74) is -0.582. The number of allylic oxidation sites excluding steroid dienone is 1. The molecule has 0 unspecified atom stereocenters. The van der Waals surface area contributed by atoms with Crippen LogP contribution in [0.1, 0.15) is 87.0 Å². The highest BCUT2D eigenvalue weighted by Gasteiger charge is 2.72. The molecular weight excluding hydrogens is 440 g/mol. The van der Waals surface area contributed by atoms with E-state index in [0.717, 1.165) is 25.7 Å². The first-order chi connectivity index (χ1) is 16.1. The molecule has 5 heteroatoms. The number of hydrogen-bond donors (Lipinski definition) is 4. The largest absolute Gasteiger partial charge is 0.396 e. The van der Waals surface area contributed by atoms with E-state index in [0.29, 0.717) is 18.8 Å². The van der Waals surface area contributed by atoms with E-state index in [4.69, 9.17) is 0 Å². The molecule has 0 aromatic rings. The summed E-state index contributed by atoms with van der Waals surface area (Å²) in [6.45, 7) is 15.3. The second-order valence-corrected chi connectivity index (χ2v) is 14.8. The van der Waals surface area contributed by atoms with E-state index in [1.807, 2.05) is 13.8 Å². The minimum atomic E-state index is -0.971. The predicted molar refractivity (Wildman–Crippen MR) is 135 cm³/mol. The first kappa shape index (κ1) is 25.9. The van der Waals surface area contributed by atoms with Crippen molar-refractivity contribution in [2.75, 3.05) is 6.61 Å². The average molecular weight is 489 g/mol. The molecule has 0 amide bonds. The van der Waals surface area contributed by atoms with Gasteiger partial charge in [0.15, 0.2) is 5.78 Å². The minimum absolute atomic E-state index is 0.0149. The SMILES string of the molecule is CC(C)[C@@H]1C[C@@H](O)[C@H]2[C@@]1(CO)CC[C@@]1(C)[C@H]3C(=CC[C@]21C)[C@@]1(C)C[C@@H](O)C(=O)C(C)(C)[C@H]1C[C@@H]3O. The molecule has 4 N–H and O–H groups in total. The summed E-state index contributed by atoms with van der Waals surface area (Å²) in [4.78, 5) is 13.0. The highest BCUT2D eigenvalue weighted by atomic mass is 16.3. The van der Waals surface area contributed by atoms with Crippen LogP contribution in [0.5, 0.6) is 0 Å². The lowest BCUT2D eigenvalue weighted by atomic mass is 9.35. The van der Waals surface area contributed by atoms with E-state index in [9.17, 15) is 25.2 Å². The molecule has 0 aliphatic heterocycles. The summed E-state index contributed by atoms with van der Waals surface area (Å²) >= 11 is 0. The van der Waals surface area contributed by atoms with Gasteiger partial charge in [0.2, 0.25) is 0 Å². The summed E-state index contributed by atoms with van der Waals surface area (Å²) in [5, 5.41) is 45.0. The van der Waals surface area contributed by atoms with Crippen LogP contribution >= 0.6 is 0 Å². The van der Waals surface area contributed by atoms with E-state index in [1.165, 1.54) is 5.57 Å². The van der Waals surface area contributed by atoms with Crippen LogP contribution < -0.4 is 0 Å². The van der Waals surface area contributed by atoms with Crippen LogP contribution in [0.4, 0.5) is 0 Å². The molecule has 5 nitrogen and oxygen atoms in total. The van der Waals surface area contributed by atoms with Gasteiger partial charge in [-0.2, -0.15) is 0 Å². The van der Waals surface area contributed by atoms with E-state index in [2.05, 4.69) is 40.7 Å². The number of hydrogen-bond acceptors (Lipinski definition) is 5. The fraction of sp³-hybridized carbons (Fsp3) is 0.900. The molecule has 0 saturated heterocycles. The highest BCUT2D eigenvalue weighted by Crippen LogP contribution is 2.76. The molecule has 4 saturated carbocycles. The normalized spacial score (nSPS) is 55.0. The molecule has 0 spiro atoms. The average Bonchev–Trinajstić information content (AvgIpc) is 3.09. The lowest BCUT2D eigenvalue weighted by Crippen LogP contribution is -2.67. The molecule has 0 aromatic carbocycles. The summed E-state index contributed by atoms with van der Waals surface area (Å²) in [5.74, 6) is 0.485. The van der Waals surface area contributed by atoms with Gasteiger partial charge in [-0.3, -0.25) is 4.79 Å². The molecule has 5 aliphatic carbocycles. The summed E-state index contributed by atoms with van der Waals surface area (Å²) in [7, 11) is 0. The Hall–Kier alpha value is -0.750. The van der Waals surface area contributed by atoms with E-state index in [-0.39, 0.29) is 57.7 Å². The number of Topliss-reactive ketones (excluding diaryl/α,β-unsaturated/α-hetero) is 1. The third-order valence-corrected chi connectivity index (χ3v) is 12.9. The van der Waals surface area contributed by atoms with Crippen molar-refractivity contribution in [2.24, 2.45) is 56.7 Å². The van der Waals surface area contributed by atoms with Crippen LogP contribution in [0.2, 0.25) is 0 Å². The Morgan fingerprint density at radius 1 is 0.971 bits per heavy atom. The van der Waals surface area contributed by atoms with Crippen molar-refractivity contribution in [1.29, 1.82) is 0 Å². The van der Waals surface area contributed by atoms with Gasteiger partial charge in [0.1, 0.15) is 6.10 Å². The van der Waals surface area contributed by atoms with Crippen molar-refractivity contribution < 1.29 is 25.2 Å². The van der Waals surface area contributed by atoms with Gasteiger partial charge in [0.25, 0.3) is 0 Å². The van der Waals surface area contributed by atoms with Crippen LogP contribution in [-0.4, -0.2) is 51.1 Å². The zero-order valence-corrected chi connectivity index (χ0v) is 22.8. The van der Waals surface area contributed by atoms with Gasteiger partial charge in [-0.15, -0.1) is 0 Å².